The van der Waals surface area contributed by atoms with E-state index in [0.29, 0.717) is 10.7 Å². The SMILES string of the molecule is Cc1cccc(C(=O)OCC(=O)Nc2c(Cl)cc(Cl)cc2Cl)c1N. The molecule has 0 atom stereocenters. The summed E-state index contributed by atoms with van der Waals surface area (Å²) in [4.78, 5) is 23.9. The lowest BCUT2D eigenvalue weighted by Gasteiger charge is -2.11. The molecule has 0 fully saturated rings. The summed E-state index contributed by atoms with van der Waals surface area (Å²) in [5.74, 6) is -1.29. The first-order valence-corrected chi connectivity index (χ1v) is 7.89. The number of nitrogens with one attached hydrogen (secondary N) is 1. The number of para-hydroxylation sites is 1. The van der Waals surface area contributed by atoms with Crippen molar-refractivity contribution >= 4 is 58.1 Å². The normalized spacial score (nSPS) is 10.3. The maximum atomic E-state index is 12.0. The van der Waals surface area contributed by atoms with Crippen LogP contribution in [0.15, 0.2) is 30.3 Å². The van der Waals surface area contributed by atoms with Gasteiger partial charge in [-0.05, 0) is 30.7 Å². The molecule has 0 unspecified atom stereocenters. The molecule has 24 heavy (non-hydrogen) atoms. The molecule has 126 valence electrons. The van der Waals surface area contributed by atoms with Gasteiger partial charge in [-0.1, -0.05) is 46.9 Å². The molecule has 2 aromatic rings. The van der Waals surface area contributed by atoms with E-state index >= 15 is 0 Å². The molecule has 0 radical (unpaired) electrons. The number of ether oxygens (including phenoxy) is 1. The van der Waals surface area contributed by atoms with Gasteiger partial charge >= 0.3 is 5.97 Å². The molecule has 3 N–H and O–H groups in total. The first-order chi connectivity index (χ1) is 11.3. The van der Waals surface area contributed by atoms with Crippen molar-refractivity contribution in [3.8, 4) is 0 Å². The smallest absolute Gasteiger partial charge is 0.340 e. The van der Waals surface area contributed by atoms with E-state index in [1.807, 2.05) is 0 Å². The highest BCUT2D eigenvalue weighted by molar-refractivity contribution is 6.42. The molecule has 0 spiro atoms. The molecule has 0 aliphatic carbocycles. The van der Waals surface area contributed by atoms with E-state index in [9.17, 15) is 9.59 Å². The predicted molar refractivity (Wildman–Crippen MR) is 96.0 cm³/mol. The molecular weight excluding hydrogens is 375 g/mol. The van der Waals surface area contributed by atoms with Crippen molar-refractivity contribution in [2.45, 2.75) is 6.92 Å². The number of carbonyl (C=O) groups excluding carboxylic acids is 2. The van der Waals surface area contributed by atoms with Gasteiger partial charge in [0.25, 0.3) is 5.91 Å². The Bertz CT molecular complexity index is 786. The van der Waals surface area contributed by atoms with Crippen molar-refractivity contribution in [3.63, 3.8) is 0 Å². The number of hydrogen-bond acceptors (Lipinski definition) is 4. The van der Waals surface area contributed by atoms with Crippen LogP contribution in [-0.4, -0.2) is 18.5 Å². The molecule has 2 rings (SSSR count). The van der Waals surface area contributed by atoms with Gasteiger partial charge in [0.15, 0.2) is 6.61 Å². The fourth-order valence-electron chi connectivity index (χ4n) is 1.90. The lowest BCUT2D eigenvalue weighted by molar-refractivity contribution is -0.119. The van der Waals surface area contributed by atoms with E-state index in [4.69, 9.17) is 45.3 Å². The maximum absolute atomic E-state index is 12.0. The van der Waals surface area contributed by atoms with Gasteiger partial charge in [0.2, 0.25) is 0 Å². The van der Waals surface area contributed by atoms with Gasteiger partial charge in [-0.3, -0.25) is 4.79 Å². The third kappa shape index (κ3) is 4.32. The minimum atomic E-state index is -0.695. The van der Waals surface area contributed by atoms with Gasteiger partial charge < -0.3 is 15.8 Å². The number of hydrogen-bond donors (Lipinski definition) is 2. The number of esters is 1. The van der Waals surface area contributed by atoms with E-state index in [2.05, 4.69) is 5.32 Å². The third-order valence-corrected chi connectivity index (χ3v) is 3.96. The molecule has 0 aliphatic rings. The highest BCUT2D eigenvalue weighted by Crippen LogP contribution is 2.33. The molecule has 0 saturated heterocycles. The summed E-state index contributed by atoms with van der Waals surface area (Å²) >= 11 is 17.7. The van der Waals surface area contributed by atoms with Gasteiger partial charge in [0, 0.05) is 10.7 Å². The standard InChI is InChI=1S/C16H13Cl3N2O3/c1-8-3-2-4-10(14(8)20)16(23)24-7-13(22)21-15-11(18)5-9(17)6-12(15)19/h2-6H,7,20H2,1H3,(H,21,22). The number of aryl methyl sites for hydroxylation is 1. The summed E-state index contributed by atoms with van der Waals surface area (Å²) in [6.07, 6.45) is 0. The fourth-order valence-corrected chi connectivity index (χ4v) is 2.82. The lowest BCUT2D eigenvalue weighted by atomic mass is 10.1. The van der Waals surface area contributed by atoms with Crippen LogP contribution in [0.4, 0.5) is 11.4 Å². The van der Waals surface area contributed by atoms with Gasteiger partial charge in [-0.25, -0.2) is 4.79 Å². The predicted octanol–water partition coefficient (Wildman–Crippen LogP) is 4.33. The number of halogens is 3. The highest BCUT2D eigenvalue weighted by atomic mass is 35.5. The third-order valence-electron chi connectivity index (χ3n) is 3.15. The molecule has 8 heteroatoms. The Morgan fingerprint density at radius 1 is 1.17 bits per heavy atom. The van der Waals surface area contributed by atoms with E-state index in [1.54, 1.807) is 19.1 Å². The topological polar surface area (TPSA) is 81.4 Å². The summed E-state index contributed by atoms with van der Waals surface area (Å²) in [5.41, 5.74) is 7.27. The molecule has 0 aromatic heterocycles. The van der Waals surface area contributed by atoms with Crippen LogP contribution in [-0.2, 0) is 9.53 Å². The monoisotopic (exact) mass is 386 g/mol. The molecule has 0 heterocycles. The largest absolute Gasteiger partial charge is 0.452 e. The quantitative estimate of drug-likeness (QED) is 0.604. The number of nitrogen functional groups attached to an aromatic ring is 1. The van der Waals surface area contributed by atoms with Gasteiger partial charge in [0.1, 0.15) is 0 Å². The van der Waals surface area contributed by atoms with Crippen LogP contribution >= 0.6 is 34.8 Å². The Morgan fingerprint density at radius 3 is 2.42 bits per heavy atom. The van der Waals surface area contributed by atoms with Crippen molar-refractivity contribution in [1.29, 1.82) is 0 Å². The zero-order valence-corrected chi connectivity index (χ0v) is 14.8. The number of rotatable bonds is 4. The van der Waals surface area contributed by atoms with Crippen LogP contribution < -0.4 is 11.1 Å². The van der Waals surface area contributed by atoms with Crippen LogP contribution in [0, 0.1) is 6.92 Å². The molecule has 1 amide bonds. The average molecular weight is 388 g/mol. The van der Waals surface area contributed by atoms with Crippen LogP contribution in [0.1, 0.15) is 15.9 Å². The molecule has 2 aromatic carbocycles. The second-order valence-corrected chi connectivity index (χ2v) is 6.16. The van der Waals surface area contributed by atoms with Crippen molar-refractivity contribution in [2.75, 3.05) is 17.7 Å². The Kier molecular flexibility index (Phi) is 5.94. The van der Waals surface area contributed by atoms with Crippen molar-refractivity contribution in [1.82, 2.24) is 0 Å². The lowest BCUT2D eigenvalue weighted by Crippen LogP contribution is -2.21. The summed E-state index contributed by atoms with van der Waals surface area (Å²) in [6, 6.07) is 7.84. The highest BCUT2D eigenvalue weighted by Gasteiger charge is 2.16. The summed E-state index contributed by atoms with van der Waals surface area (Å²) in [7, 11) is 0. The van der Waals surface area contributed by atoms with Gasteiger partial charge in [-0.2, -0.15) is 0 Å². The van der Waals surface area contributed by atoms with Crippen LogP contribution in [0.25, 0.3) is 0 Å². The first-order valence-electron chi connectivity index (χ1n) is 6.76. The van der Waals surface area contributed by atoms with E-state index in [1.165, 1.54) is 18.2 Å². The molecule has 0 saturated carbocycles. The Hall–Kier alpha value is -1.95. The summed E-state index contributed by atoms with van der Waals surface area (Å²) < 4.78 is 4.96. The number of amides is 1. The van der Waals surface area contributed by atoms with Crippen LogP contribution in [0.2, 0.25) is 15.1 Å². The Labute approximate surface area is 153 Å². The summed E-state index contributed by atoms with van der Waals surface area (Å²) in [5, 5.41) is 3.16. The van der Waals surface area contributed by atoms with Crippen LogP contribution in [0.3, 0.4) is 0 Å². The zero-order chi connectivity index (χ0) is 17.9. The zero-order valence-electron chi connectivity index (χ0n) is 12.5. The minimum Gasteiger partial charge on any atom is -0.452 e. The first kappa shape index (κ1) is 18.4. The summed E-state index contributed by atoms with van der Waals surface area (Å²) in [6.45, 7) is 1.25. The number of nitrogens with two attached hydrogens (primary N) is 1. The van der Waals surface area contributed by atoms with Gasteiger partial charge in [0.05, 0.1) is 21.3 Å². The van der Waals surface area contributed by atoms with E-state index < -0.39 is 18.5 Å². The van der Waals surface area contributed by atoms with Crippen molar-refractivity contribution in [3.05, 3.63) is 56.5 Å². The van der Waals surface area contributed by atoms with Crippen molar-refractivity contribution in [2.24, 2.45) is 0 Å². The van der Waals surface area contributed by atoms with Crippen molar-refractivity contribution < 1.29 is 14.3 Å². The van der Waals surface area contributed by atoms with Crippen LogP contribution in [0.5, 0.6) is 0 Å². The number of benzene rings is 2. The second-order valence-electron chi connectivity index (χ2n) is 4.90. The average Bonchev–Trinajstić information content (AvgIpc) is 2.51. The Balaban J connectivity index is 2.01. The number of anilines is 2. The molecular formula is C16H13Cl3N2O3. The fraction of sp³-hybridized carbons (Fsp3) is 0.125. The Morgan fingerprint density at radius 2 is 1.79 bits per heavy atom. The molecule has 0 bridgehead atoms. The van der Waals surface area contributed by atoms with E-state index in [0.717, 1.165) is 5.56 Å². The minimum absolute atomic E-state index is 0.176. The molecule has 5 nitrogen and oxygen atoms in total. The molecule has 0 aliphatic heterocycles. The van der Waals surface area contributed by atoms with Gasteiger partial charge in [-0.15, -0.1) is 0 Å². The second kappa shape index (κ2) is 7.75. The maximum Gasteiger partial charge on any atom is 0.340 e. The number of carbonyl (C=O) groups is 2. The van der Waals surface area contributed by atoms with E-state index in [-0.39, 0.29) is 21.3 Å².